The van der Waals surface area contributed by atoms with Crippen molar-refractivity contribution in [2.24, 2.45) is 4.99 Å². The summed E-state index contributed by atoms with van der Waals surface area (Å²) in [5.41, 5.74) is 5.03. The number of hydrogen-bond acceptors (Lipinski definition) is 12. The van der Waals surface area contributed by atoms with Gasteiger partial charge in [0.15, 0.2) is 29.2 Å². The summed E-state index contributed by atoms with van der Waals surface area (Å²) in [5, 5.41) is 11.8. The number of aliphatic hydroxyl groups excluding tert-OH is 1. The fraction of sp³-hybridized carbons (Fsp3) is 0.283. The Kier molecular flexibility index (Phi) is 11.2. The van der Waals surface area contributed by atoms with Gasteiger partial charge in [-0.15, -0.1) is 0 Å². The molecule has 0 radical (unpaired) electrons. The van der Waals surface area contributed by atoms with Crippen molar-refractivity contribution in [3.05, 3.63) is 130 Å². The molecule has 0 aliphatic carbocycles. The zero-order valence-electron chi connectivity index (χ0n) is 34.2. The number of nitrogens with zero attached hydrogens (tertiary/aromatic N) is 4. The molecule has 4 heterocycles. The SMILES string of the molecule is COC(=O)c1cc(COc2cc3c(cc2OC)C(=O)N2C=C(C)C[C@H]2C=N3)cc(COc2cc3c(cc2OC)C(=O)N2C=C(C)C[C@H]2[C@H](O)N3C(=O)OCc2ccccc2)c1. The van der Waals surface area contributed by atoms with Crippen LogP contribution in [0.2, 0.25) is 0 Å². The van der Waals surface area contributed by atoms with Crippen LogP contribution < -0.4 is 23.8 Å². The van der Waals surface area contributed by atoms with Crippen molar-refractivity contribution < 1.29 is 52.7 Å². The molecule has 4 aliphatic rings. The van der Waals surface area contributed by atoms with Crippen LogP contribution in [0, 0.1) is 0 Å². The van der Waals surface area contributed by atoms with E-state index in [-0.39, 0.29) is 60.1 Å². The number of ether oxygens (including phenoxy) is 6. The number of carbonyl (C=O) groups is 4. The highest BCUT2D eigenvalue weighted by Crippen LogP contribution is 2.43. The number of rotatable bonds is 11. The second-order valence-corrected chi connectivity index (χ2v) is 15.2. The summed E-state index contributed by atoms with van der Waals surface area (Å²) in [6.45, 7) is 3.63. The molecular formula is C46H44N4O11. The van der Waals surface area contributed by atoms with Crippen molar-refractivity contribution in [3.63, 3.8) is 0 Å². The second kappa shape index (κ2) is 16.9. The van der Waals surface area contributed by atoms with Gasteiger partial charge in [0.05, 0.1) is 61.5 Å². The fourth-order valence-electron chi connectivity index (χ4n) is 7.95. The van der Waals surface area contributed by atoms with Crippen molar-refractivity contribution in [2.45, 2.75) is 64.8 Å². The van der Waals surface area contributed by atoms with Crippen LogP contribution in [0.4, 0.5) is 16.2 Å². The predicted molar refractivity (Wildman–Crippen MR) is 222 cm³/mol. The Labute approximate surface area is 352 Å². The number of amides is 3. The number of methoxy groups -OCH3 is 3. The largest absolute Gasteiger partial charge is 0.493 e. The van der Waals surface area contributed by atoms with Crippen molar-refractivity contribution >= 4 is 41.5 Å². The molecular weight excluding hydrogens is 785 g/mol. The zero-order chi connectivity index (χ0) is 42.9. The number of aliphatic hydroxyl groups is 1. The van der Waals surface area contributed by atoms with Gasteiger partial charge in [0.1, 0.15) is 19.8 Å². The maximum absolute atomic E-state index is 14.0. The minimum atomic E-state index is -1.47. The molecule has 0 unspecified atom stereocenters. The molecule has 314 valence electrons. The van der Waals surface area contributed by atoms with Gasteiger partial charge in [-0.2, -0.15) is 0 Å². The first-order valence-electron chi connectivity index (χ1n) is 19.6. The number of fused-ring (bicyclic) bond motifs is 4. The molecule has 15 heteroatoms. The molecule has 0 spiro atoms. The van der Waals surface area contributed by atoms with Crippen LogP contribution >= 0.6 is 0 Å². The second-order valence-electron chi connectivity index (χ2n) is 15.2. The Hall–Kier alpha value is -7.13. The number of hydrogen-bond donors (Lipinski definition) is 1. The molecule has 15 nitrogen and oxygen atoms in total. The molecule has 3 amide bonds. The third-order valence-corrected chi connectivity index (χ3v) is 10.9. The Balaban J connectivity index is 1.07. The van der Waals surface area contributed by atoms with Gasteiger partial charge in [0.2, 0.25) is 0 Å². The normalized spacial score (nSPS) is 18.8. The van der Waals surface area contributed by atoms with Crippen molar-refractivity contribution in [3.8, 4) is 23.0 Å². The third-order valence-electron chi connectivity index (χ3n) is 10.9. The highest BCUT2D eigenvalue weighted by Gasteiger charge is 2.45. The van der Waals surface area contributed by atoms with Gasteiger partial charge in [-0.1, -0.05) is 41.5 Å². The van der Waals surface area contributed by atoms with Crippen LogP contribution in [0.3, 0.4) is 0 Å². The fourth-order valence-corrected chi connectivity index (χ4v) is 7.95. The maximum atomic E-state index is 14.0. The lowest BCUT2D eigenvalue weighted by molar-refractivity contribution is 0.0544. The Morgan fingerprint density at radius 2 is 1.34 bits per heavy atom. The Morgan fingerprint density at radius 1 is 0.721 bits per heavy atom. The van der Waals surface area contributed by atoms with Crippen LogP contribution in [0.1, 0.15) is 74.5 Å². The van der Waals surface area contributed by atoms with Gasteiger partial charge in [0, 0.05) is 30.7 Å². The average molecular weight is 829 g/mol. The monoisotopic (exact) mass is 828 g/mol. The van der Waals surface area contributed by atoms with E-state index in [1.165, 1.54) is 38.4 Å². The van der Waals surface area contributed by atoms with Crippen molar-refractivity contribution in [2.75, 3.05) is 26.2 Å². The lowest BCUT2D eigenvalue weighted by Crippen LogP contribution is -2.50. The first-order valence-corrected chi connectivity index (χ1v) is 19.6. The predicted octanol–water partition coefficient (Wildman–Crippen LogP) is 7.08. The molecule has 3 atom stereocenters. The van der Waals surface area contributed by atoms with E-state index in [1.807, 2.05) is 50.4 Å². The number of benzene rings is 4. The molecule has 0 aromatic heterocycles. The molecule has 0 saturated carbocycles. The zero-order valence-corrected chi connectivity index (χ0v) is 34.2. The van der Waals surface area contributed by atoms with Crippen molar-refractivity contribution in [1.82, 2.24) is 9.80 Å². The van der Waals surface area contributed by atoms with E-state index in [4.69, 9.17) is 28.4 Å². The molecule has 0 fully saturated rings. The molecule has 0 saturated heterocycles. The van der Waals surface area contributed by atoms with Gasteiger partial charge in [0.25, 0.3) is 11.8 Å². The molecule has 4 aromatic carbocycles. The van der Waals surface area contributed by atoms with E-state index < -0.39 is 30.2 Å². The van der Waals surface area contributed by atoms with E-state index in [0.717, 1.165) is 21.6 Å². The summed E-state index contributed by atoms with van der Waals surface area (Å²) in [4.78, 5) is 63.1. The smallest absolute Gasteiger partial charge is 0.416 e. The lowest BCUT2D eigenvalue weighted by Gasteiger charge is -2.31. The summed E-state index contributed by atoms with van der Waals surface area (Å²) in [7, 11) is 4.18. The van der Waals surface area contributed by atoms with E-state index in [1.54, 1.807) is 47.6 Å². The molecule has 4 aromatic rings. The first kappa shape index (κ1) is 40.6. The summed E-state index contributed by atoms with van der Waals surface area (Å²) >= 11 is 0. The minimum Gasteiger partial charge on any atom is -0.493 e. The van der Waals surface area contributed by atoms with Gasteiger partial charge in [-0.25, -0.2) is 14.5 Å². The minimum absolute atomic E-state index is 0.0187. The van der Waals surface area contributed by atoms with E-state index >= 15 is 0 Å². The molecule has 61 heavy (non-hydrogen) atoms. The first-order chi connectivity index (χ1) is 29.5. The standard InChI is InChI=1S/C46H44N4O11/c1-26-11-32-20-47-35-18-40(38(56-3)16-33(35)42(51)48(32)21-26)59-24-29-13-30(15-31(14-29)45(54)58-5)25-60-41-19-36-34(17-39(41)57-4)43(52)49-22-27(2)12-37(49)44(53)50(36)46(55)61-23-28-9-7-6-8-10-28/h6-10,13-22,32,37,44,53H,11-12,23-25H2,1-5H3/t32-,37-,44-/m0/s1. The summed E-state index contributed by atoms with van der Waals surface area (Å²) in [6, 6.07) is 19.4. The van der Waals surface area contributed by atoms with Gasteiger partial charge < -0.3 is 43.3 Å². The quantitative estimate of drug-likeness (QED) is 0.154. The number of carbonyl (C=O) groups excluding carboxylic acids is 4. The van der Waals surface area contributed by atoms with Crippen molar-refractivity contribution in [1.29, 1.82) is 0 Å². The molecule has 8 rings (SSSR count). The lowest BCUT2D eigenvalue weighted by atomic mass is 10.1. The number of aliphatic imine (C=N–C) groups is 1. The highest BCUT2D eigenvalue weighted by atomic mass is 16.6. The Morgan fingerprint density at radius 3 is 2.02 bits per heavy atom. The van der Waals surface area contributed by atoms with Crippen LogP contribution in [-0.4, -0.2) is 84.6 Å². The molecule has 0 bridgehead atoms. The third kappa shape index (κ3) is 7.99. The van der Waals surface area contributed by atoms with E-state index in [9.17, 15) is 24.3 Å². The van der Waals surface area contributed by atoms with Gasteiger partial charge in [-0.3, -0.25) is 14.6 Å². The summed E-state index contributed by atoms with van der Waals surface area (Å²) < 4.78 is 34.6. The topological polar surface area (TPSA) is 166 Å². The van der Waals surface area contributed by atoms with Crippen LogP contribution in [0.25, 0.3) is 0 Å². The average Bonchev–Trinajstić information content (AvgIpc) is 3.81. The summed E-state index contributed by atoms with van der Waals surface area (Å²) in [5.74, 6) is -0.213. The number of esters is 1. The van der Waals surface area contributed by atoms with E-state index in [0.29, 0.717) is 46.7 Å². The Bertz CT molecular complexity index is 2520. The summed E-state index contributed by atoms with van der Waals surface area (Å²) in [6.07, 6.45) is 3.99. The highest BCUT2D eigenvalue weighted by molar-refractivity contribution is 6.07. The van der Waals surface area contributed by atoms with E-state index in [2.05, 4.69) is 4.99 Å². The van der Waals surface area contributed by atoms with Gasteiger partial charge in [-0.05, 0) is 73.7 Å². The van der Waals surface area contributed by atoms with Crippen LogP contribution in [-0.2, 0) is 29.3 Å². The van der Waals surface area contributed by atoms with Crippen LogP contribution in [0.15, 0.2) is 101 Å². The molecule has 1 N–H and O–H groups in total. The maximum Gasteiger partial charge on any atom is 0.416 e. The van der Waals surface area contributed by atoms with Crippen LogP contribution in [0.5, 0.6) is 23.0 Å². The molecule has 4 aliphatic heterocycles. The van der Waals surface area contributed by atoms with Gasteiger partial charge >= 0.3 is 12.1 Å². The number of anilines is 1.